The van der Waals surface area contributed by atoms with E-state index in [0.29, 0.717) is 6.42 Å². The number of hydrogen-bond donors (Lipinski definition) is 0. The predicted molar refractivity (Wildman–Crippen MR) is 122 cm³/mol. The maximum Gasteiger partial charge on any atom is 0.257 e. The molecule has 164 valence electrons. The van der Waals surface area contributed by atoms with Crippen LogP contribution in [0, 0.1) is 0 Å². The Balaban J connectivity index is 5.13. The standard InChI is InChI=1S/C22H48O3SSi/c1-5-9-13-16-20-27(21-17-14-10-6-2,22-18-15-11-7-3)25-26(23,24)19-12-8-4/h5-22H2,1-4H3. The van der Waals surface area contributed by atoms with Crippen LogP contribution in [0.3, 0.4) is 0 Å². The van der Waals surface area contributed by atoms with Crippen LogP contribution in [0.5, 0.6) is 0 Å². The van der Waals surface area contributed by atoms with Crippen molar-refractivity contribution in [2.24, 2.45) is 0 Å². The summed E-state index contributed by atoms with van der Waals surface area (Å²) in [5.41, 5.74) is 0. The second kappa shape index (κ2) is 17.0. The third-order valence-electron chi connectivity index (χ3n) is 5.51. The van der Waals surface area contributed by atoms with E-state index in [0.717, 1.165) is 43.8 Å². The molecule has 0 saturated carbocycles. The normalized spacial score (nSPS) is 12.6. The minimum Gasteiger partial charge on any atom is -0.315 e. The third-order valence-corrected chi connectivity index (χ3v) is 12.5. The lowest BCUT2D eigenvalue weighted by Crippen LogP contribution is -2.41. The molecule has 5 heteroatoms. The van der Waals surface area contributed by atoms with Gasteiger partial charge in [-0.25, -0.2) is 8.42 Å². The van der Waals surface area contributed by atoms with E-state index in [1.54, 1.807) is 0 Å². The van der Waals surface area contributed by atoms with Crippen molar-refractivity contribution < 1.29 is 12.3 Å². The van der Waals surface area contributed by atoms with Crippen LogP contribution in [0.25, 0.3) is 0 Å². The minimum absolute atomic E-state index is 0.205. The summed E-state index contributed by atoms with van der Waals surface area (Å²) in [6.45, 7) is 8.73. The molecule has 0 radical (unpaired) electrons. The van der Waals surface area contributed by atoms with Crippen molar-refractivity contribution >= 4 is 18.4 Å². The van der Waals surface area contributed by atoms with E-state index in [1.165, 1.54) is 57.8 Å². The summed E-state index contributed by atoms with van der Waals surface area (Å²) < 4.78 is 31.5. The number of unbranched alkanes of at least 4 members (excludes halogenated alkanes) is 10. The Morgan fingerprint density at radius 3 is 1.26 bits per heavy atom. The smallest absolute Gasteiger partial charge is 0.257 e. The predicted octanol–water partition coefficient (Wildman–Crippen LogP) is 7.82. The molecule has 27 heavy (non-hydrogen) atoms. The fourth-order valence-corrected chi connectivity index (χ4v) is 11.3. The largest absolute Gasteiger partial charge is 0.315 e. The number of hydrogen-bond acceptors (Lipinski definition) is 3. The Morgan fingerprint density at radius 2 is 0.926 bits per heavy atom. The van der Waals surface area contributed by atoms with Crippen LogP contribution in [0.1, 0.15) is 118 Å². The second-order valence-electron chi connectivity index (χ2n) is 8.31. The van der Waals surface area contributed by atoms with Crippen LogP contribution in [0.15, 0.2) is 0 Å². The van der Waals surface area contributed by atoms with Gasteiger partial charge in [-0.2, -0.15) is 0 Å². The monoisotopic (exact) mass is 420 g/mol. The highest BCUT2D eigenvalue weighted by molar-refractivity contribution is 7.87. The topological polar surface area (TPSA) is 43.4 Å². The molecule has 0 amide bonds. The van der Waals surface area contributed by atoms with Gasteiger partial charge in [-0.1, -0.05) is 111 Å². The zero-order valence-electron chi connectivity index (χ0n) is 18.9. The van der Waals surface area contributed by atoms with Gasteiger partial charge >= 0.3 is 0 Å². The summed E-state index contributed by atoms with van der Waals surface area (Å²) in [6.07, 6.45) is 16.1. The van der Waals surface area contributed by atoms with Crippen LogP contribution in [-0.2, 0) is 14.0 Å². The molecule has 0 heterocycles. The molecular formula is C22H48O3SSi. The summed E-state index contributed by atoms with van der Waals surface area (Å²) >= 11 is 0. The Labute approximate surface area is 172 Å². The molecule has 0 aliphatic heterocycles. The Kier molecular flexibility index (Phi) is 17.1. The van der Waals surface area contributed by atoms with Gasteiger partial charge in [-0.05, 0) is 24.6 Å². The maximum atomic E-state index is 12.7. The quantitative estimate of drug-likeness (QED) is 0.149. The van der Waals surface area contributed by atoms with Gasteiger partial charge in [0.15, 0.2) is 0 Å². The van der Waals surface area contributed by atoms with Gasteiger partial charge in [0, 0.05) is 0 Å². The maximum absolute atomic E-state index is 12.7. The van der Waals surface area contributed by atoms with E-state index in [1.807, 2.05) is 6.92 Å². The van der Waals surface area contributed by atoms with Gasteiger partial charge in [0.25, 0.3) is 10.1 Å². The summed E-state index contributed by atoms with van der Waals surface area (Å²) in [6, 6.07) is 3.11. The summed E-state index contributed by atoms with van der Waals surface area (Å²) in [5.74, 6) is 0.205. The van der Waals surface area contributed by atoms with Gasteiger partial charge in [-0.3, -0.25) is 0 Å². The highest BCUT2D eigenvalue weighted by atomic mass is 32.2. The Bertz CT molecular complexity index is 392. The second-order valence-corrected chi connectivity index (χ2v) is 14.4. The molecule has 0 aromatic carbocycles. The van der Waals surface area contributed by atoms with Crippen molar-refractivity contribution in [2.45, 2.75) is 136 Å². The van der Waals surface area contributed by atoms with Crippen LogP contribution in [0.2, 0.25) is 18.1 Å². The van der Waals surface area contributed by atoms with Crippen LogP contribution >= 0.6 is 0 Å². The van der Waals surface area contributed by atoms with E-state index in [4.69, 9.17) is 3.87 Å². The summed E-state index contributed by atoms with van der Waals surface area (Å²) in [4.78, 5) is 0. The molecule has 0 spiro atoms. The van der Waals surface area contributed by atoms with Gasteiger partial charge in [0.1, 0.15) is 0 Å². The van der Waals surface area contributed by atoms with E-state index in [9.17, 15) is 8.42 Å². The zero-order chi connectivity index (χ0) is 20.4. The van der Waals surface area contributed by atoms with Crippen LogP contribution in [-0.4, -0.2) is 22.5 Å². The molecule has 3 nitrogen and oxygen atoms in total. The molecule has 0 aromatic heterocycles. The molecule has 0 aromatic rings. The first kappa shape index (κ1) is 27.1. The lowest BCUT2D eigenvalue weighted by molar-refractivity contribution is 0.460. The average Bonchev–Trinajstić information content (AvgIpc) is 2.64. The highest BCUT2D eigenvalue weighted by Crippen LogP contribution is 2.32. The van der Waals surface area contributed by atoms with Gasteiger partial charge in [-0.15, -0.1) is 0 Å². The van der Waals surface area contributed by atoms with E-state index in [-0.39, 0.29) is 5.75 Å². The molecule has 0 bridgehead atoms. The van der Waals surface area contributed by atoms with E-state index < -0.39 is 18.4 Å². The van der Waals surface area contributed by atoms with Crippen LogP contribution in [0.4, 0.5) is 0 Å². The van der Waals surface area contributed by atoms with Gasteiger partial charge in [0.2, 0.25) is 8.32 Å². The van der Waals surface area contributed by atoms with Crippen molar-refractivity contribution in [3.05, 3.63) is 0 Å². The highest BCUT2D eigenvalue weighted by Gasteiger charge is 2.38. The Hall–Kier alpha value is 0.127. The molecule has 0 unspecified atom stereocenters. The fraction of sp³-hybridized carbons (Fsp3) is 1.00. The first-order valence-electron chi connectivity index (χ1n) is 11.9. The van der Waals surface area contributed by atoms with Crippen molar-refractivity contribution in [3.8, 4) is 0 Å². The molecule has 0 N–H and O–H groups in total. The lowest BCUT2D eigenvalue weighted by atomic mass is 10.2. The summed E-state index contributed by atoms with van der Waals surface area (Å²) in [5, 5.41) is 0. The molecule has 0 rings (SSSR count). The average molecular weight is 421 g/mol. The third kappa shape index (κ3) is 14.7. The molecular weight excluding hydrogens is 372 g/mol. The molecule has 0 fully saturated rings. The molecule has 0 atom stereocenters. The zero-order valence-corrected chi connectivity index (χ0v) is 20.7. The molecule has 0 saturated heterocycles. The lowest BCUT2D eigenvalue weighted by Gasteiger charge is -2.31. The van der Waals surface area contributed by atoms with E-state index >= 15 is 0 Å². The first-order valence-corrected chi connectivity index (χ1v) is 16.0. The van der Waals surface area contributed by atoms with Gasteiger partial charge in [0.05, 0.1) is 5.75 Å². The Morgan fingerprint density at radius 1 is 0.556 bits per heavy atom. The molecule has 0 aliphatic rings. The van der Waals surface area contributed by atoms with Crippen molar-refractivity contribution in [3.63, 3.8) is 0 Å². The van der Waals surface area contributed by atoms with E-state index in [2.05, 4.69) is 20.8 Å². The minimum atomic E-state index is -3.37. The van der Waals surface area contributed by atoms with Crippen LogP contribution < -0.4 is 0 Å². The number of rotatable bonds is 20. The SMILES string of the molecule is CCCCCC[Si](CCCCCC)(CCCCCC)OS(=O)(=O)CCCC. The van der Waals surface area contributed by atoms with Crippen molar-refractivity contribution in [1.29, 1.82) is 0 Å². The van der Waals surface area contributed by atoms with Gasteiger partial charge < -0.3 is 3.87 Å². The molecule has 0 aliphatic carbocycles. The van der Waals surface area contributed by atoms with Crippen molar-refractivity contribution in [1.82, 2.24) is 0 Å². The van der Waals surface area contributed by atoms with Crippen molar-refractivity contribution in [2.75, 3.05) is 5.75 Å². The first-order chi connectivity index (χ1) is 12.9. The fourth-order valence-electron chi connectivity index (χ4n) is 3.75. The summed E-state index contributed by atoms with van der Waals surface area (Å²) in [7, 11) is -5.59.